The van der Waals surface area contributed by atoms with E-state index in [2.05, 4.69) is 15.1 Å². The van der Waals surface area contributed by atoms with Crippen molar-refractivity contribution in [2.24, 2.45) is 0 Å². The lowest BCUT2D eigenvalue weighted by atomic mass is 10.2. The fraction of sp³-hybridized carbons (Fsp3) is 0.300. The summed E-state index contributed by atoms with van der Waals surface area (Å²) < 4.78 is 5.11. The topological polar surface area (TPSA) is 77.8 Å². The lowest BCUT2D eigenvalue weighted by molar-refractivity contribution is 0.419. The number of nitrogens with two attached hydrogens (primary N) is 1. The molecule has 0 aliphatic heterocycles. The average molecular weight is 204 g/mol. The quantitative estimate of drug-likeness (QED) is 0.807. The zero-order valence-electron chi connectivity index (χ0n) is 8.64. The van der Waals surface area contributed by atoms with Crippen molar-refractivity contribution in [1.82, 2.24) is 15.1 Å². The first-order chi connectivity index (χ1) is 7.18. The van der Waals surface area contributed by atoms with Crippen LogP contribution in [0.25, 0.3) is 11.5 Å². The van der Waals surface area contributed by atoms with Crippen molar-refractivity contribution in [3.05, 3.63) is 24.2 Å². The zero-order valence-corrected chi connectivity index (χ0v) is 8.64. The molecule has 2 N–H and O–H groups in total. The molecule has 0 amide bonds. The Hall–Kier alpha value is -1.91. The van der Waals surface area contributed by atoms with E-state index in [4.69, 9.17) is 10.3 Å². The molecule has 0 bridgehead atoms. The summed E-state index contributed by atoms with van der Waals surface area (Å²) in [4.78, 5) is 8.20. The van der Waals surface area contributed by atoms with Gasteiger partial charge >= 0.3 is 0 Å². The Kier molecular flexibility index (Phi) is 2.37. The number of aromatic nitrogens is 3. The van der Waals surface area contributed by atoms with Crippen molar-refractivity contribution in [3.63, 3.8) is 0 Å². The van der Waals surface area contributed by atoms with E-state index in [-0.39, 0.29) is 5.92 Å². The van der Waals surface area contributed by atoms with Crippen molar-refractivity contribution >= 4 is 5.82 Å². The molecule has 0 aromatic carbocycles. The van der Waals surface area contributed by atoms with Crippen molar-refractivity contribution in [2.45, 2.75) is 19.8 Å². The largest absolute Gasteiger partial charge is 0.383 e. The average Bonchev–Trinajstić information content (AvgIpc) is 2.67. The maximum atomic E-state index is 5.70. The Labute approximate surface area is 87.3 Å². The second-order valence-corrected chi connectivity index (χ2v) is 3.55. The van der Waals surface area contributed by atoms with Gasteiger partial charge in [0.05, 0.1) is 5.56 Å². The molecule has 0 saturated carbocycles. The van der Waals surface area contributed by atoms with Gasteiger partial charge in [-0.05, 0) is 12.1 Å². The van der Waals surface area contributed by atoms with Crippen LogP contribution in [-0.4, -0.2) is 15.1 Å². The number of hydrogen-bond acceptors (Lipinski definition) is 5. The maximum Gasteiger partial charge on any atom is 0.261 e. The molecule has 2 heterocycles. The Balaban J connectivity index is 2.42. The first kappa shape index (κ1) is 9.64. The highest BCUT2D eigenvalue weighted by atomic mass is 16.5. The van der Waals surface area contributed by atoms with Crippen molar-refractivity contribution in [3.8, 4) is 11.5 Å². The van der Waals surface area contributed by atoms with Gasteiger partial charge in [0, 0.05) is 12.1 Å². The van der Waals surface area contributed by atoms with Crippen LogP contribution in [0.15, 0.2) is 22.9 Å². The molecule has 0 radical (unpaired) electrons. The van der Waals surface area contributed by atoms with Crippen LogP contribution in [-0.2, 0) is 0 Å². The summed E-state index contributed by atoms with van der Waals surface area (Å²) in [5, 5.41) is 3.86. The predicted molar refractivity (Wildman–Crippen MR) is 56.0 cm³/mol. The summed E-state index contributed by atoms with van der Waals surface area (Å²) >= 11 is 0. The molecule has 0 aliphatic rings. The fourth-order valence-corrected chi connectivity index (χ4v) is 1.18. The fourth-order valence-electron chi connectivity index (χ4n) is 1.18. The molecule has 2 aromatic heterocycles. The van der Waals surface area contributed by atoms with Gasteiger partial charge in [0.25, 0.3) is 5.89 Å². The minimum atomic E-state index is 0.236. The Morgan fingerprint density at radius 2 is 2.20 bits per heavy atom. The minimum Gasteiger partial charge on any atom is -0.383 e. The van der Waals surface area contributed by atoms with E-state index in [1.54, 1.807) is 18.3 Å². The van der Waals surface area contributed by atoms with Crippen LogP contribution in [0.3, 0.4) is 0 Å². The van der Waals surface area contributed by atoms with E-state index in [0.29, 0.717) is 23.1 Å². The van der Waals surface area contributed by atoms with Crippen LogP contribution in [0.2, 0.25) is 0 Å². The van der Waals surface area contributed by atoms with Crippen LogP contribution in [0, 0.1) is 0 Å². The normalized spacial score (nSPS) is 10.9. The summed E-state index contributed by atoms with van der Waals surface area (Å²) in [6, 6.07) is 3.59. The zero-order chi connectivity index (χ0) is 10.8. The van der Waals surface area contributed by atoms with E-state index >= 15 is 0 Å². The number of nitrogen functional groups attached to an aromatic ring is 1. The standard InChI is InChI=1S/C10H12N4O/c1-6(2)9-13-10(15-14-9)7-4-3-5-12-8(7)11/h3-6H,1-2H3,(H2,11,12). The van der Waals surface area contributed by atoms with E-state index < -0.39 is 0 Å². The van der Waals surface area contributed by atoms with Gasteiger partial charge in [-0.2, -0.15) is 4.98 Å². The number of rotatable bonds is 2. The van der Waals surface area contributed by atoms with E-state index in [1.807, 2.05) is 13.8 Å². The highest BCUT2D eigenvalue weighted by molar-refractivity contribution is 5.66. The monoisotopic (exact) mass is 204 g/mol. The molecule has 0 atom stereocenters. The Bertz CT molecular complexity index is 464. The van der Waals surface area contributed by atoms with Crippen LogP contribution in [0.5, 0.6) is 0 Å². The van der Waals surface area contributed by atoms with Gasteiger partial charge in [0.1, 0.15) is 5.82 Å². The number of hydrogen-bond donors (Lipinski definition) is 1. The molecule has 0 saturated heterocycles. The molecule has 0 aliphatic carbocycles. The van der Waals surface area contributed by atoms with Crippen LogP contribution in [0.4, 0.5) is 5.82 Å². The second kappa shape index (κ2) is 3.68. The number of nitrogens with zero attached hydrogens (tertiary/aromatic N) is 3. The highest BCUT2D eigenvalue weighted by Crippen LogP contribution is 2.23. The first-order valence-electron chi connectivity index (χ1n) is 4.73. The van der Waals surface area contributed by atoms with Crippen LogP contribution < -0.4 is 5.73 Å². The first-order valence-corrected chi connectivity index (χ1v) is 4.73. The molecule has 5 heteroatoms. The molecule has 0 unspecified atom stereocenters. The van der Waals surface area contributed by atoms with Crippen molar-refractivity contribution in [1.29, 1.82) is 0 Å². The minimum absolute atomic E-state index is 0.236. The van der Waals surface area contributed by atoms with Gasteiger partial charge in [0.2, 0.25) is 0 Å². The molecular weight excluding hydrogens is 192 g/mol. The molecule has 5 nitrogen and oxygen atoms in total. The van der Waals surface area contributed by atoms with Crippen LogP contribution >= 0.6 is 0 Å². The Morgan fingerprint density at radius 3 is 2.80 bits per heavy atom. The maximum absolute atomic E-state index is 5.70. The summed E-state index contributed by atoms with van der Waals surface area (Å²) in [6.45, 7) is 4.00. The predicted octanol–water partition coefficient (Wildman–Crippen LogP) is 1.84. The molecule has 2 rings (SSSR count). The van der Waals surface area contributed by atoms with Gasteiger partial charge in [-0.1, -0.05) is 19.0 Å². The van der Waals surface area contributed by atoms with Gasteiger partial charge in [0.15, 0.2) is 5.82 Å². The highest BCUT2D eigenvalue weighted by Gasteiger charge is 2.13. The number of pyridine rings is 1. The Morgan fingerprint density at radius 1 is 1.40 bits per heavy atom. The second-order valence-electron chi connectivity index (χ2n) is 3.55. The molecule has 15 heavy (non-hydrogen) atoms. The van der Waals surface area contributed by atoms with E-state index in [0.717, 1.165) is 0 Å². The van der Waals surface area contributed by atoms with Gasteiger partial charge in [-0.3, -0.25) is 0 Å². The van der Waals surface area contributed by atoms with E-state index in [9.17, 15) is 0 Å². The lowest BCUT2D eigenvalue weighted by Gasteiger charge is -1.97. The molecule has 0 spiro atoms. The SMILES string of the molecule is CC(C)c1noc(-c2cccnc2N)n1. The third-order valence-corrected chi connectivity index (χ3v) is 2.03. The molecule has 2 aromatic rings. The molecule has 78 valence electrons. The van der Waals surface area contributed by atoms with Gasteiger partial charge < -0.3 is 10.3 Å². The summed E-state index contributed by atoms with van der Waals surface area (Å²) in [7, 11) is 0. The summed E-state index contributed by atoms with van der Waals surface area (Å²) in [5.41, 5.74) is 6.38. The van der Waals surface area contributed by atoms with Crippen LogP contribution in [0.1, 0.15) is 25.6 Å². The summed E-state index contributed by atoms with van der Waals surface area (Å²) in [6.07, 6.45) is 1.62. The molecular formula is C10H12N4O. The number of anilines is 1. The van der Waals surface area contributed by atoms with Gasteiger partial charge in [-0.15, -0.1) is 0 Å². The smallest absolute Gasteiger partial charge is 0.261 e. The lowest BCUT2D eigenvalue weighted by Crippen LogP contribution is -1.94. The van der Waals surface area contributed by atoms with Crippen molar-refractivity contribution in [2.75, 3.05) is 5.73 Å². The van der Waals surface area contributed by atoms with Gasteiger partial charge in [-0.25, -0.2) is 4.98 Å². The summed E-state index contributed by atoms with van der Waals surface area (Å²) in [5.74, 6) is 1.73. The van der Waals surface area contributed by atoms with Crippen molar-refractivity contribution < 1.29 is 4.52 Å². The third-order valence-electron chi connectivity index (χ3n) is 2.03. The van der Waals surface area contributed by atoms with E-state index in [1.165, 1.54) is 0 Å². The third kappa shape index (κ3) is 1.81. The molecule has 0 fully saturated rings.